The van der Waals surface area contributed by atoms with Gasteiger partial charge in [-0.25, -0.2) is 0 Å². The van der Waals surface area contributed by atoms with Gasteiger partial charge in [0.25, 0.3) is 0 Å². The summed E-state index contributed by atoms with van der Waals surface area (Å²) in [5.74, 6) is -0.264. The van der Waals surface area contributed by atoms with E-state index in [2.05, 4.69) is 23.5 Å². The monoisotopic (exact) mass is 255 g/mol. The van der Waals surface area contributed by atoms with E-state index in [1.807, 2.05) is 37.4 Å². The molecule has 0 aliphatic rings. The number of hydrogen-bond acceptors (Lipinski definition) is 3. The average molecular weight is 255 g/mol. The summed E-state index contributed by atoms with van der Waals surface area (Å²) in [6.45, 7) is 1.71. The van der Waals surface area contributed by atoms with Gasteiger partial charge >= 0.3 is 5.97 Å². The van der Waals surface area contributed by atoms with Gasteiger partial charge in [-0.15, -0.1) is 0 Å². The van der Waals surface area contributed by atoms with Crippen molar-refractivity contribution in [1.29, 1.82) is 0 Å². The maximum Gasteiger partial charge on any atom is 0.302 e. The topological polar surface area (TPSA) is 38.3 Å². The fourth-order valence-corrected chi connectivity index (χ4v) is 2.03. The predicted octanol–water partition coefficient (Wildman–Crippen LogP) is 3.46. The van der Waals surface area contributed by atoms with E-state index < -0.39 is 0 Å². The van der Waals surface area contributed by atoms with Gasteiger partial charge in [0, 0.05) is 25.0 Å². The van der Waals surface area contributed by atoms with Crippen LogP contribution in [-0.4, -0.2) is 19.6 Å². The normalized spacial score (nSPS) is 10.8. The minimum Gasteiger partial charge on any atom is -0.462 e. The van der Waals surface area contributed by atoms with E-state index in [0.29, 0.717) is 6.61 Å². The Bertz CT molecular complexity index is 617. The van der Waals surface area contributed by atoms with Gasteiger partial charge in [-0.3, -0.25) is 4.79 Å². The van der Waals surface area contributed by atoms with Gasteiger partial charge < -0.3 is 10.1 Å². The highest BCUT2D eigenvalue weighted by molar-refractivity contribution is 5.99. The van der Waals surface area contributed by atoms with Crippen LogP contribution in [0.3, 0.4) is 0 Å². The van der Waals surface area contributed by atoms with Crippen molar-refractivity contribution in [1.82, 2.24) is 0 Å². The zero-order chi connectivity index (χ0) is 13.7. The van der Waals surface area contributed by atoms with Gasteiger partial charge in [0.15, 0.2) is 0 Å². The first-order valence-electron chi connectivity index (χ1n) is 6.22. The number of carbonyl (C=O) groups excluding carboxylic acids is 1. The lowest BCUT2D eigenvalue weighted by Crippen LogP contribution is -1.97. The fourth-order valence-electron chi connectivity index (χ4n) is 2.03. The summed E-state index contributed by atoms with van der Waals surface area (Å²) in [6.07, 6.45) is 3.83. The van der Waals surface area contributed by atoms with Crippen LogP contribution in [0.5, 0.6) is 0 Å². The van der Waals surface area contributed by atoms with E-state index in [4.69, 9.17) is 4.74 Å². The zero-order valence-corrected chi connectivity index (χ0v) is 11.1. The molecule has 0 radical (unpaired) electrons. The summed E-state index contributed by atoms with van der Waals surface area (Å²) >= 11 is 0. The van der Waals surface area contributed by atoms with Crippen LogP contribution in [0, 0.1) is 0 Å². The van der Waals surface area contributed by atoms with Crippen molar-refractivity contribution in [2.75, 3.05) is 19.0 Å². The van der Waals surface area contributed by atoms with E-state index in [9.17, 15) is 4.79 Å². The van der Waals surface area contributed by atoms with Crippen LogP contribution < -0.4 is 5.32 Å². The second-order valence-corrected chi connectivity index (χ2v) is 4.20. The van der Waals surface area contributed by atoms with Crippen molar-refractivity contribution >= 4 is 28.5 Å². The molecule has 0 aliphatic carbocycles. The Kier molecular flexibility index (Phi) is 4.18. The summed E-state index contributed by atoms with van der Waals surface area (Å²) < 4.78 is 4.88. The molecular formula is C16H17NO2. The molecule has 19 heavy (non-hydrogen) atoms. The van der Waals surface area contributed by atoms with Gasteiger partial charge in [0.05, 0.1) is 0 Å². The van der Waals surface area contributed by atoms with Crippen molar-refractivity contribution < 1.29 is 9.53 Å². The van der Waals surface area contributed by atoms with Crippen molar-refractivity contribution in [2.45, 2.75) is 6.92 Å². The molecule has 0 aliphatic heterocycles. The van der Waals surface area contributed by atoms with Gasteiger partial charge in [0.2, 0.25) is 0 Å². The Morgan fingerprint density at radius 2 is 1.95 bits per heavy atom. The second-order valence-electron chi connectivity index (χ2n) is 4.20. The third-order valence-corrected chi connectivity index (χ3v) is 2.91. The number of ether oxygens (including phenoxy) is 1. The second kappa shape index (κ2) is 6.05. The van der Waals surface area contributed by atoms with Crippen molar-refractivity contribution in [3.05, 3.63) is 48.0 Å². The number of rotatable bonds is 4. The van der Waals surface area contributed by atoms with Gasteiger partial charge in [-0.05, 0) is 23.1 Å². The molecule has 2 rings (SSSR count). The maximum atomic E-state index is 10.7. The molecular weight excluding hydrogens is 238 g/mol. The largest absolute Gasteiger partial charge is 0.462 e. The lowest BCUT2D eigenvalue weighted by Gasteiger charge is -2.08. The molecule has 0 fully saturated rings. The molecule has 0 spiro atoms. The van der Waals surface area contributed by atoms with E-state index >= 15 is 0 Å². The third-order valence-electron chi connectivity index (χ3n) is 2.91. The molecule has 0 amide bonds. The first kappa shape index (κ1) is 13.1. The highest BCUT2D eigenvalue weighted by Gasteiger charge is 2.02. The van der Waals surface area contributed by atoms with E-state index in [0.717, 1.165) is 11.3 Å². The first-order valence-corrected chi connectivity index (χ1v) is 6.22. The van der Waals surface area contributed by atoms with Crippen LogP contribution >= 0.6 is 0 Å². The number of fused-ring (bicyclic) bond motifs is 1. The Morgan fingerprint density at radius 3 is 2.63 bits per heavy atom. The molecule has 0 saturated carbocycles. The van der Waals surface area contributed by atoms with Crippen molar-refractivity contribution in [2.24, 2.45) is 0 Å². The maximum absolute atomic E-state index is 10.7. The molecule has 0 aromatic heterocycles. The molecule has 3 nitrogen and oxygen atoms in total. The fraction of sp³-hybridized carbons (Fsp3) is 0.188. The molecule has 1 N–H and O–H groups in total. The van der Waals surface area contributed by atoms with Gasteiger partial charge in [-0.2, -0.15) is 0 Å². The molecule has 3 heteroatoms. The summed E-state index contributed by atoms with van der Waals surface area (Å²) in [5.41, 5.74) is 2.22. The summed E-state index contributed by atoms with van der Waals surface area (Å²) in [7, 11) is 1.91. The van der Waals surface area contributed by atoms with Crippen LogP contribution in [0.4, 0.5) is 5.69 Å². The van der Waals surface area contributed by atoms with Crippen molar-refractivity contribution in [3.63, 3.8) is 0 Å². The molecule has 0 heterocycles. The lowest BCUT2D eigenvalue weighted by molar-refractivity contribution is -0.139. The predicted molar refractivity (Wildman–Crippen MR) is 79.2 cm³/mol. The summed E-state index contributed by atoms with van der Waals surface area (Å²) in [6, 6.07) is 12.3. The highest BCUT2D eigenvalue weighted by Crippen LogP contribution is 2.27. The molecule has 0 saturated heterocycles. The SMILES string of the molecule is CNc1ccc(/C=C/COC(C)=O)c2ccccc12. The van der Waals surface area contributed by atoms with Crippen molar-refractivity contribution in [3.8, 4) is 0 Å². The lowest BCUT2D eigenvalue weighted by atomic mass is 10.0. The molecule has 0 unspecified atom stereocenters. The Morgan fingerprint density at radius 1 is 1.21 bits per heavy atom. The van der Waals surface area contributed by atoms with E-state index in [-0.39, 0.29) is 5.97 Å². The van der Waals surface area contributed by atoms with E-state index in [1.54, 1.807) is 0 Å². The van der Waals surface area contributed by atoms with Crippen LogP contribution in [-0.2, 0) is 9.53 Å². The number of carbonyl (C=O) groups is 1. The van der Waals surface area contributed by atoms with Gasteiger partial charge in [0.1, 0.15) is 6.61 Å². The molecule has 98 valence electrons. The number of esters is 1. The Balaban J connectivity index is 2.31. The molecule has 0 bridgehead atoms. The molecule has 2 aromatic carbocycles. The quantitative estimate of drug-likeness (QED) is 0.850. The summed E-state index contributed by atoms with van der Waals surface area (Å²) in [5, 5.41) is 5.54. The smallest absolute Gasteiger partial charge is 0.302 e. The van der Waals surface area contributed by atoms with Crippen LogP contribution in [0.2, 0.25) is 0 Å². The third kappa shape index (κ3) is 3.13. The van der Waals surface area contributed by atoms with Crippen LogP contribution in [0.15, 0.2) is 42.5 Å². The van der Waals surface area contributed by atoms with Crippen LogP contribution in [0.1, 0.15) is 12.5 Å². The summed E-state index contributed by atoms with van der Waals surface area (Å²) in [4.78, 5) is 10.7. The molecule has 0 atom stereocenters. The zero-order valence-electron chi connectivity index (χ0n) is 11.1. The molecule has 2 aromatic rings. The number of nitrogens with one attached hydrogen (secondary N) is 1. The Labute approximate surface area is 112 Å². The minimum absolute atomic E-state index is 0.264. The minimum atomic E-state index is -0.264. The Hall–Kier alpha value is -2.29. The van der Waals surface area contributed by atoms with Gasteiger partial charge in [-0.1, -0.05) is 36.4 Å². The standard InChI is InChI=1S/C16H17NO2/c1-12(18)19-11-5-6-13-9-10-16(17-2)15-8-4-3-7-14(13)15/h3-10,17H,11H2,1-2H3/b6-5+. The van der Waals surface area contributed by atoms with E-state index in [1.165, 1.54) is 17.7 Å². The number of anilines is 1. The van der Waals surface area contributed by atoms with Crippen LogP contribution in [0.25, 0.3) is 16.8 Å². The number of benzene rings is 2. The first-order chi connectivity index (χ1) is 9.22. The number of hydrogen-bond donors (Lipinski definition) is 1. The highest BCUT2D eigenvalue weighted by atomic mass is 16.5. The average Bonchev–Trinajstić information content (AvgIpc) is 2.43.